The maximum absolute atomic E-state index is 12.8. The van der Waals surface area contributed by atoms with Gasteiger partial charge in [-0.1, -0.05) is 33.8 Å². The van der Waals surface area contributed by atoms with Crippen LogP contribution in [0.15, 0.2) is 23.1 Å². The van der Waals surface area contributed by atoms with E-state index in [1.165, 1.54) is 10.4 Å². The van der Waals surface area contributed by atoms with E-state index in [0.29, 0.717) is 30.8 Å². The van der Waals surface area contributed by atoms with Gasteiger partial charge in [-0.3, -0.25) is 4.79 Å². The first-order chi connectivity index (χ1) is 11.5. The predicted molar refractivity (Wildman–Crippen MR) is 108 cm³/mol. The molecule has 0 fully saturated rings. The fourth-order valence-electron chi connectivity index (χ4n) is 2.48. The molecule has 0 aliphatic carbocycles. The fraction of sp³-hybridized carbons (Fsp3) is 0.611. The molecule has 1 atom stereocenters. The molecular weight excluding hydrogens is 374 g/mol. The van der Waals surface area contributed by atoms with Crippen LogP contribution < -0.4 is 11.1 Å². The van der Waals surface area contributed by atoms with Crippen molar-refractivity contribution in [1.29, 1.82) is 0 Å². The number of halogens is 1. The van der Waals surface area contributed by atoms with E-state index < -0.39 is 15.6 Å². The molecule has 0 aromatic heterocycles. The van der Waals surface area contributed by atoms with Crippen LogP contribution in [0.5, 0.6) is 0 Å². The maximum atomic E-state index is 12.8. The molecule has 8 heteroatoms. The largest absolute Gasteiger partial charge is 0.345 e. The van der Waals surface area contributed by atoms with Crippen molar-refractivity contribution in [3.05, 3.63) is 29.3 Å². The van der Waals surface area contributed by atoms with Crippen molar-refractivity contribution in [2.45, 2.75) is 52.0 Å². The van der Waals surface area contributed by atoms with Gasteiger partial charge in [-0.05, 0) is 37.5 Å². The van der Waals surface area contributed by atoms with E-state index in [1.54, 1.807) is 32.9 Å². The summed E-state index contributed by atoms with van der Waals surface area (Å²) in [5.41, 5.74) is 6.20. The van der Waals surface area contributed by atoms with Crippen LogP contribution in [0.3, 0.4) is 0 Å². The second kappa shape index (κ2) is 9.69. The molecule has 26 heavy (non-hydrogen) atoms. The highest BCUT2D eigenvalue weighted by atomic mass is 35.5. The van der Waals surface area contributed by atoms with Gasteiger partial charge in [0, 0.05) is 25.2 Å². The number of hydrogen-bond acceptors (Lipinski definition) is 4. The van der Waals surface area contributed by atoms with E-state index in [0.717, 1.165) is 0 Å². The molecule has 1 aromatic carbocycles. The van der Waals surface area contributed by atoms with Gasteiger partial charge in [0.15, 0.2) is 0 Å². The van der Waals surface area contributed by atoms with Gasteiger partial charge in [0.25, 0.3) is 5.91 Å². The van der Waals surface area contributed by atoms with Crippen LogP contribution in [0.2, 0.25) is 0 Å². The smallest absolute Gasteiger partial charge is 0.251 e. The van der Waals surface area contributed by atoms with Gasteiger partial charge >= 0.3 is 0 Å². The number of benzene rings is 1. The summed E-state index contributed by atoms with van der Waals surface area (Å²) in [6.45, 7) is 12.2. The van der Waals surface area contributed by atoms with Crippen molar-refractivity contribution >= 4 is 28.3 Å². The molecule has 150 valence electrons. The minimum atomic E-state index is -3.62. The van der Waals surface area contributed by atoms with E-state index in [9.17, 15) is 13.2 Å². The summed E-state index contributed by atoms with van der Waals surface area (Å²) in [5, 5.41) is 2.94. The average Bonchev–Trinajstić information content (AvgIpc) is 2.55. The molecule has 1 rings (SSSR count). The maximum Gasteiger partial charge on any atom is 0.251 e. The SMILES string of the molecule is CCN(CC)S(=O)(=O)c1cc(C(=O)NC(C)(CN)C(C)C)ccc1C.Cl. The molecule has 0 aliphatic heterocycles. The van der Waals surface area contributed by atoms with Gasteiger partial charge in [0.2, 0.25) is 10.0 Å². The quantitative estimate of drug-likeness (QED) is 0.695. The van der Waals surface area contributed by atoms with Gasteiger partial charge in [0.05, 0.1) is 10.4 Å². The van der Waals surface area contributed by atoms with Crippen molar-refractivity contribution in [3.63, 3.8) is 0 Å². The Labute approximate surface area is 164 Å². The van der Waals surface area contributed by atoms with Crippen molar-refractivity contribution in [3.8, 4) is 0 Å². The molecular formula is C18H32ClN3O3S. The lowest BCUT2D eigenvalue weighted by atomic mass is 9.88. The highest BCUT2D eigenvalue weighted by molar-refractivity contribution is 7.89. The summed E-state index contributed by atoms with van der Waals surface area (Å²) in [6.07, 6.45) is 0. The van der Waals surface area contributed by atoms with Crippen LogP contribution in [0.4, 0.5) is 0 Å². The monoisotopic (exact) mass is 405 g/mol. The number of carbonyl (C=O) groups excluding carboxylic acids is 1. The number of amides is 1. The summed E-state index contributed by atoms with van der Waals surface area (Å²) in [6, 6.07) is 4.76. The highest BCUT2D eigenvalue weighted by Crippen LogP contribution is 2.22. The molecule has 1 amide bonds. The van der Waals surface area contributed by atoms with E-state index in [4.69, 9.17) is 5.73 Å². The van der Waals surface area contributed by atoms with Crippen LogP contribution >= 0.6 is 12.4 Å². The van der Waals surface area contributed by atoms with Gasteiger partial charge in [-0.15, -0.1) is 12.4 Å². The minimum Gasteiger partial charge on any atom is -0.345 e. The summed E-state index contributed by atoms with van der Waals surface area (Å²) < 4.78 is 27.0. The van der Waals surface area contributed by atoms with E-state index in [-0.39, 0.29) is 29.1 Å². The predicted octanol–water partition coefficient (Wildman–Crippen LogP) is 2.55. The van der Waals surface area contributed by atoms with Crippen LogP contribution in [-0.2, 0) is 10.0 Å². The van der Waals surface area contributed by atoms with Gasteiger partial charge in [-0.2, -0.15) is 4.31 Å². The number of nitrogens with one attached hydrogen (secondary N) is 1. The third kappa shape index (κ3) is 5.19. The van der Waals surface area contributed by atoms with E-state index >= 15 is 0 Å². The molecule has 1 aromatic rings. The molecule has 0 heterocycles. The lowest BCUT2D eigenvalue weighted by Crippen LogP contribution is -2.55. The first-order valence-electron chi connectivity index (χ1n) is 8.66. The second-order valence-electron chi connectivity index (χ2n) is 6.80. The van der Waals surface area contributed by atoms with Crippen LogP contribution in [0.25, 0.3) is 0 Å². The Bertz CT molecular complexity index is 718. The normalized spacial score (nSPS) is 14.0. The molecule has 0 saturated carbocycles. The average molecular weight is 406 g/mol. The van der Waals surface area contributed by atoms with Crippen molar-refractivity contribution < 1.29 is 13.2 Å². The van der Waals surface area contributed by atoms with Crippen LogP contribution in [0.1, 0.15) is 50.5 Å². The number of aryl methyl sites for hydroxylation is 1. The number of nitrogens with two attached hydrogens (primary N) is 1. The molecule has 3 N–H and O–H groups in total. The summed E-state index contributed by atoms with van der Waals surface area (Å²) >= 11 is 0. The minimum absolute atomic E-state index is 0. The zero-order chi connectivity index (χ0) is 19.4. The van der Waals surface area contributed by atoms with Gasteiger partial charge in [0.1, 0.15) is 0 Å². The summed E-state index contributed by atoms with van der Waals surface area (Å²) in [5.74, 6) is -0.177. The topological polar surface area (TPSA) is 92.5 Å². The summed E-state index contributed by atoms with van der Waals surface area (Å²) in [4.78, 5) is 12.8. The van der Waals surface area contributed by atoms with Crippen molar-refractivity contribution in [2.75, 3.05) is 19.6 Å². The summed E-state index contributed by atoms with van der Waals surface area (Å²) in [7, 11) is -3.62. The number of sulfonamides is 1. The Kier molecular flexibility index (Phi) is 9.26. The Morgan fingerprint density at radius 3 is 2.23 bits per heavy atom. The van der Waals surface area contributed by atoms with Crippen molar-refractivity contribution in [1.82, 2.24) is 9.62 Å². The van der Waals surface area contributed by atoms with Gasteiger partial charge < -0.3 is 11.1 Å². The van der Waals surface area contributed by atoms with Crippen LogP contribution in [0, 0.1) is 12.8 Å². The Balaban J connectivity index is 0.00000625. The first kappa shape index (κ1) is 24.8. The number of carbonyl (C=O) groups is 1. The molecule has 0 saturated heterocycles. The second-order valence-corrected chi connectivity index (χ2v) is 8.71. The van der Waals surface area contributed by atoms with E-state index in [2.05, 4.69) is 5.32 Å². The van der Waals surface area contributed by atoms with Crippen molar-refractivity contribution in [2.24, 2.45) is 11.7 Å². The standard InChI is InChI=1S/C18H31N3O3S.ClH/c1-7-21(8-2)25(23,24)16-11-15(10-9-14(16)5)17(22)20-18(6,12-19)13(3)4;/h9-11,13H,7-8,12,19H2,1-6H3,(H,20,22);1H. The molecule has 0 aliphatic rings. The molecule has 0 spiro atoms. The highest BCUT2D eigenvalue weighted by Gasteiger charge is 2.30. The Morgan fingerprint density at radius 1 is 1.27 bits per heavy atom. The number of hydrogen-bond donors (Lipinski definition) is 2. The molecule has 0 bridgehead atoms. The molecule has 1 unspecified atom stereocenters. The molecule has 6 nitrogen and oxygen atoms in total. The Hall–Kier alpha value is -1.15. The first-order valence-corrected chi connectivity index (χ1v) is 10.1. The lowest BCUT2D eigenvalue weighted by Gasteiger charge is -2.33. The number of nitrogens with zero attached hydrogens (tertiary/aromatic N) is 1. The third-order valence-electron chi connectivity index (χ3n) is 4.87. The number of rotatable bonds is 8. The van der Waals surface area contributed by atoms with Crippen LogP contribution in [-0.4, -0.2) is 43.8 Å². The molecule has 0 radical (unpaired) electrons. The van der Waals surface area contributed by atoms with Gasteiger partial charge in [-0.25, -0.2) is 8.42 Å². The Morgan fingerprint density at radius 2 is 1.81 bits per heavy atom. The fourth-order valence-corrected chi connectivity index (χ4v) is 4.19. The van der Waals surface area contributed by atoms with E-state index in [1.807, 2.05) is 20.8 Å². The lowest BCUT2D eigenvalue weighted by molar-refractivity contribution is 0.0883. The zero-order valence-electron chi connectivity index (χ0n) is 16.5. The third-order valence-corrected chi connectivity index (χ3v) is 7.06. The zero-order valence-corrected chi connectivity index (χ0v) is 18.1.